The number of nitrogens with zero attached hydrogens (tertiary/aromatic N) is 1. The van der Waals surface area contributed by atoms with E-state index < -0.39 is 0 Å². The quantitative estimate of drug-likeness (QED) is 0.901. The summed E-state index contributed by atoms with van der Waals surface area (Å²) in [4.78, 5) is 28.7. The smallest absolute Gasteiger partial charge is 0.270 e. The van der Waals surface area contributed by atoms with Crippen molar-refractivity contribution >= 4 is 11.8 Å². The number of aromatic nitrogens is 1. The Morgan fingerprint density at radius 1 is 1.00 bits per heavy atom. The molecule has 2 amide bonds. The van der Waals surface area contributed by atoms with Gasteiger partial charge in [-0.05, 0) is 56.9 Å². The summed E-state index contributed by atoms with van der Waals surface area (Å²) in [5.74, 6) is -0.207. The Morgan fingerprint density at radius 2 is 1.76 bits per heavy atom. The van der Waals surface area contributed by atoms with Gasteiger partial charge in [-0.2, -0.15) is 0 Å². The van der Waals surface area contributed by atoms with Crippen molar-refractivity contribution in [2.45, 2.75) is 44.7 Å². The van der Waals surface area contributed by atoms with Crippen LogP contribution in [-0.2, 0) is 0 Å². The molecule has 1 fully saturated rings. The second-order valence-corrected chi connectivity index (χ2v) is 6.59. The first-order valence-corrected chi connectivity index (χ1v) is 8.71. The number of benzene rings is 1. The predicted molar refractivity (Wildman–Crippen MR) is 96.4 cm³/mol. The Hall–Kier alpha value is -2.69. The fraction of sp³-hybridized carbons (Fsp3) is 0.350. The lowest BCUT2D eigenvalue weighted by Gasteiger charge is -2.30. The first kappa shape index (κ1) is 17.1. The highest BCUT2D eigenvalue weighted by molar-refractivity contribution is 5.94. The maximum absolute atomic E-state index is 12.4. The number of aryl methyl sites for hydroxylation is 1. The SMILES string of the molecule is Cc1cccc(C(=O)N[C@H]2CCC[C@H](NC(=O)c3ccccn3)C2)c1. The van der Waals surface area contributed by atoms with Crippen LogP contribution in [0.3, 0.4) is 0 Å². The molecule has 0 spiro atoms. The molecule has 130 valence electrons. The fourth-order valence-corrected chi connectivity index (χ4v) is 3.26. The van der Waals surface area contributed by atoms with Crippen LogP contribution in [0.1, 0.15) is 52.1 Å². The highest BCUT2D eigenvalue weighted by Gasteiger charge is 2.25. The van der Waals surface area contributed by atoms with Gasteiger partial charge >= 0.3 is 0 Å². The molecule has 2 N–H and O–H groups in total. The van der Waals surface area contributed by atoms with E-state index in [1.807, 2.05) is 31.2 Å². The van der Waals surface area contributed by atoms with Crippen LogP contribution >= 0.6 is 0 Å². The molecule has 1 aliphatic rings. The summed E-state index contributed by atoms with van der Waals surface area (Å²) in [5.41, 5.74) is 2.17. The summed E-state index contributed by atoms with van der Waals surface area (Å²) in [6, 6.07) is 13.0. The van der Waals surface area contributed by atoms with Crippen LogP contribution in [0.4, 0.5) is 0 Å². The monoisotopic (exact) mass is 337 g/mol. The van der Waals surface area contributed by atoms with Crippen molar-refractivity contribution in [3.63, 3.8) is 0 Å². The van der Waals surface area contributed by atoms with Crippen molar-refractivity contribution in [2.24, 2.45) is 0 Å². The third-order valence-corrected chi connectivity index (χ3v) is 4.52. The highest BCUT2D eigenvalue weighted by atomic mass is 16.2. The van der Waals surface area contributed by atoms with E-state index in [1.54, 1.807) is 24.4 Å². The molecule has 0 saturated heterocycles. The molecule has 2 aromatic rings. The van der Waals surface area contributed by atoms with Gasteiger partial charge < -0.3 is 10.6 Å². The van der Waals surface area contributed by atoms with Gasteiger partial charge in [-0.25, -0.2) is 0 Å². The van der Waals surface area contributed by atoms with Crippen molar-refractivity contribution in [3.05, 3.63) is 65.5 Å². The second-order valence-electron chi connectivity index (χ2n) is 6.59. The lowest BCUT2D eigenvalue weighted by atomic mass is 9.90. The second kappa shape index (κ2) is 7.92. The molecular formula is C20H23N3O2. The molecular weight excluding hydrogens is 314 g/mol. The Labute approximate surface area is 147 Å². The number of pyridine rings is 1. The minimum atomic E-state index is -0.156. The van der Waals surface area contributed by atoms with Gasteiger partial charge in [-0.1, -0.05) is 23.8 Å². The first-order valence-electron chi connectivity index (χ1n) is 8.71. The zero-order valence-electron chi connectivity index (χ0n) is 14.4. The number of rotatable bonds is 4. The van der Waals surface area contributed by atoms with Crippen molar-refractivity contribution in [1.29, 1.82) is 0 Å². The topological polar surface area (TPSA) is 71.1 Å². The Kier molecular flexibility index (Phi) is 5.43. The van der Waals surface area contributed by atoms with Gasteiger partial charge in [-0.3, -0.25) is 14.6 Å². The zero-order valence-corrected chi connectivity index (χ0v) is 14.4. The molecule has 0 radical (unpaired) electrons. The van der Waals surface area contributed by atoms with Crippen LogP contribution in [-0.4, -0.2) is 28.9 Å². The van der Waals surface area contributed by atoms with Gasteiger partial charge in [0.15, 0.2) is 0 Å². The number of carbonyl (C=O) groups is 2. The lowest BCUT2D eigenvalue weighted by molar-refractivity contribution is 0.0900. The number of hydrogen-bond acceptors (Lipinski definition) is 3. The van der Waals surface area contributed by atoms with Crippen LogP contribution in [0.15, 0.2) is 48.7 Å². The Bertz CT molecular complexity index is 746. The molecule has 1 aliphatic carbocycles. The molecule has 0 aliphatic heterocycles. The molecule has 1 aromatic heterocycles. The van der Waals surface area contributed by atoms with Crippen molar-refractivity contribution in [1.82, 2.24) is 15.6 Å². The average Bonchev–Trinajstić information content (AvgIpc) is 2.63. The van der Waals surface area contributed by atoms with Crippen molar-refractivity contribution in [2.75, 3.05) is 0 Å². The standard InChI is InChI=1S/C20H23N3O2/c1-14-6-4-7-15(12-14)19(24)22-16-8-5-9-17(13-16)23-20(25)18-10-2-3-11-21-18/h2-4,6-7,10-12,16-17H,5,8-9,13H2,1H3,(H,22,24)(H,23,25)/t16-,17-/m0/s1. The predicted octanol–water partition coefficient (Wildman–Crippen LogP) is 2.86. The molecule has 1 saturated carbocycles. The summed E-state index contributed by atoms with van der Waals surface area (Å²) < 4.78 is 0. The fourth-order valence-electron chi connectivity index (χ4n) is 3.26. The van der Waals surface area contributed by atoms with Crippen LogP contribution in [0.2, 0.25) is 0 Å². The highest BCUT2D eigenvalue weighted by Crippen LogP contribution is 2.19. The maximum atomic E-state index is 12.4. The summed E-state index contributed by atoms with van der Waals surface area (Å²) in [6.45, 7) is 1.97. The molecule has 3 rings (SSSR count). The van der Waals surface area contributed by atoms with E-state index in [-0.39, 0.29) is 23.9 Å². The zero-order chi connectivity index (χ0) is 17.6. The molecule has 1 heterocycles. The summed E-state index contributed by atoms with van der Waals surface area (Å²) >= 11 is 0. The van der Waals surface area contributed by atoms with Crippen molar-refractivity contribution < 1.29 is 9.59 Å². The van der Waals surface area contributed by atoms with E-state index in [4.69, 9.17) is 0 Å². The van der Waals surface area contributed by atoms with E-state index in [2.05, 4.69) is 15.6 Å². The Balaban J connectivity index is 1.56. The summed E-state index contributed by atoms with van der Waals surface area (Å²) in [6.07, 6.45) is 5.20. The minimum Gasteiger partial charge on any atom is -0.349 e. The van der Waals surface area contributed by atoms with E-state index >= 15 is 0 Å². The van der Waals surface area contributed by atoms with E-state index in [0.29, 0.717) is 11.3 Å². The molecule has 5 nitrogen and oxygen atoms in total. The van der Waals surface area contributed by atoms with Gasteiger partial charge in [0, 0.05) is 23.8 Å². The third-order valence-electron chi connectivity index (χ3n) is 4.52. The summed E-state index contributed by atoms with van der Waals surface area (Å²) in [5, 5.41) is 6.13. The van der Waals surface area contributed by atoms with E-state index in [0.717, 1.165) is 31.2 Å². The van der Waals surface area contributed by atoms with Gasteiger partial charge in [0.1, 0.15) is 5.69 Å². The number of carbonyl (C=O) groups excluding carboxylic acids is 2. The first-order chi connectivity index (χ1) is 12.1. The van der Waals surface area contributed by atoms with Crippen molar-refractivity contribution in [3.8, 4) is 0 Å². The molecule has 0 bridgehead atoms. The van der Waals surface area contributed by atoms with Gasteiger partial charge in [0.25, 0.3) is 11.8 Å². The lowest BCUT2D eigenvalue weighted by Crippen LogP contribution is -2.45. The molecule has 5 heteroatoms. The van der Waals surface area contributed by atoms with Crippen LogP contribution < -0.4 is 10.6 Å². The van der Waals surface area contributed by atoms with E-state index in [1.165, 1.54) is 0 Å². The average molecular weight is 337 g/mol. The largest absolute Gasteiger partial charge is 0.349 e. The van der Waals surface area contributed by atoms with E-state index in [9.17, 15) is 9.59 Å². The molecule has 25 heavy (non-hydrogen) atoms. The van der Waals surface area contributed by atoms with Crippen LogP contribution in [0.25, 0.3) is 0 Å². The van der Waals surface area contributed by atoms with Gasteiger partial charge in [-0.15, -0.1) is 0 Å². The molecule has 1 aromatic carbocycles. The molecule has 2 atom stereocenters. The summed E-state index contributed by atoms with van der Waals surface area (Å²) in [7, 11) is 0. The normalized spacial score (nSPS) is 19.9. The van der Waals surface area contributed by atoms with Gasteiger partial charge in [0.05, 0.1) is 0 Å². The number of amides is 2. The number of hydrogen-bond donors (Lipinski definition) is 2. The number of nitrogens with one attached hydrogen (secondary N) is 2. The van der Waals surface area contributed by atoms with Crippen LogP contribution in [0, 0.1) is 6.92 Å². The molecule has 0 unspecified atom stereocenters. The Morgan fingerprint density at radius 3 is 2.44 bits per heavy atom. The minimum absolute atomic E-state index is 0.0506. The van der Waals surface area contributed by atoms with Gasteiger partial charge in [0.2, 0.25) is 0 Å². The maximum Gasteiger partial charge on any atom is 0.270 e. The third kappa shape index (κ3) is 4.66. The van der Waals surface area contributed by atoms with Crippen LogP contribution in [0.5, 0.6) is 0 Å².